The van der Waals surface area contributed by atoms with Crippen LogP contribution in [0.5, 0.6) is 0 Å². The smallest absolute Gasteiger partial charge is 0.222 e. The van der Waals surface area contributed by atoms with E-state index in [0.29, 0.717) is 12.3 Å². The Labute approximate surface area is 141 Å². The van der Waals surface area contributed by atoms with Crippen LogP contribution in [0.1, 0.15) is 45.4 Å². The van der Waals surface area contributed by atoms with Gasteiger partial charge in [-0.1, -0.05) is 0 Å². The van der Waals surface area contributed by atoms with Crippen LogP contribution in [0.25, 0.3) is 0 Å². The molecule has 2 rings (SSSR count). The number of carbonyl (C=O) groups excluding carboxylic acids is 1. The van der Waals surface area contributed by atoms with Gasteiger partial charge in [0, 0.05) is 32.1 Å². The Morgan fingerprint density at radius 2 is 1.71 bits per heavy atom. The van der Waals surface area contributed by atoms with Crippen LogP contribution < -0.4 is 5.73 Å². The number of hydrogen-bond donors (Lipinski definition) is 1. The Kier molecular flexibility index (Phi) is 10.6. The molecule has 2 N–H and O–H groups in total. The van der Waals surface area contributed by atoms with Crippen molar-refractivity contribution in [3.8, 4) is 0 Å². The minimum Gasteiger partial charge on any atom is -0.343 e. The second-order valence-corrected chi connectivity index (χ2v) is 6.35. The third kappa shape index (κ3) is 7.18. The van der Waals surface area contributed by atoms with Gasteiger partial charge in [0.2, 0.25) is 5.91 Å². The van der Waals surface area contributed by atoms with Gasteiger partial charge >= 0.3 is 0 Å². The summed E-state index contributed by atoms with van der Waals surface area (Å²) in [6.45, 7) is 7.70. The highest BCUT2D eigenvalue weighted by molar-refractivity contribution is 5.85. The molecule has 0 aromatic rings. The molecule has 21 heavy (non-hydrogen) atoms. The van der Waals surface area contributed by atoms with E-state index in [1.165, 1.54) is 45.3 Å². The van der Waals surface area contributed by atoms with E-state index in [4.69, 9.17) is 5.73 Å². The average Bonchev–Trinajstić information content (AvgIpc) is 2.89. The van der Waals surface area contributed by atoms with Crippen LogP contribution in [-0.2, 0) is 4.79 Å². The highest BCUT2D eigenvalue weighted by Crippen LogP contribution is 2.21. The molecule has 0 radical (unpaired) electrons. The highest BCUT2D eigenvalue weighted by atomic mass is 35.5. The molecule has 126 valence electrons. The van der Waals surface area contributed by atoms with Crippen molar-refractivity contribution >= 4 is 30.7 Å². The summed E-state index contributed by atoms with van der Waals surface area (Å²) in [6.07, 6.45) is 6.53. The van der Waals surface area contributed by atoms with Crippen LogP contribution in [0, 0.1) is 5.92 Å². The molecule has 0 saturated carbocycles. The Morgan fingerprint density at radius 3 is 2.24 bits per heavy atom. The van der Waals surface area contributed by atoms with E-state index < -0.39 is 0 Å². The number of nitrogens with two attached hydrogens (primary N) is 1. The standard InChI is InChI=1S/C15H29N3O.2ClH/c1-13(16)4-5-15(19)18-10-6-14(7-11-18)12-17-8-2-3-9-17;;/h13-14H,2-12,16H2,1H3;2*1H. The van der Waals surface area contributed by atoms with Crippen molar-refractivity contribution in [2.24, 2.45) is 11.7 Å². The molecule has 4 nitrogen and oxygen atoms in total. The van der Waals surface area contributed by atoms with Gasteiger partial charge in [0.25, 0.3) is 0 Å². The third-order valence-corrected chi connectivity index (χ3v) is 4.50. The number of rotatable bonds is 5. The second-order valence-electron chi connectivity index (χ2n) is 6.35. The van der Waals surface area contributed by atoms with Gasteiger partial charge in [-0.05, 0) is 58.0 Å². The zero-order valence-electron chi connectivity index (χ0n) is 13.1. The van der Waals surface area contributed by atoms with Gasteiger partial charge in [-0.2, -0.15) is 0 Å². The van der Waals surface area contributed by atoms with Gasteiger partial charge in [0.05, 0.1) is 0 Å². The predicted molar refractivity (Wildman–Crippen MR) is 92.4 cm³/mol. The lowest BCUT2D eigenvalue weighted by atomic mass is 9.96. The molecule has 6 heteroatoms. The Morgan fingerprint density at radius 1 is 1.14 bits per heavy atom. The number of carbonyl (C=O) groups is 1. The number of piperidine rings is 1. The first-order chi connectivity index (χ1) is 9.15. The fraction of sp³-hybridized carbons (Fsp3) is 0.933. The van der Waals surface area contributed by atoms with Crippen LogP contribution in [0.4, 0.5) is 0 Å². The monoisotopic (exact) mass is 339 g/mol. The highest BCUT2D eigenvalue weighted by Gasteiger charge is 2.24. The van der Waals surface area contributed by atoms with Crippen LogP contribution in [0.2, 0.25) is 0 Å². The summed E-state index contributed by atoms with van der Waals surface area (Å²) < 4.78 is 0. The van der Waals surface area contributed by atoms with Crippen LogP contribution in [0.3, 0.4) is 0 Å². The number of halogens is 2. The van der Waals surface area contributed by atoms with E-state index in [1.54, 1.807) is 0 Å². The van der Waals surface area contributed by atoms with E-state index in [9.17, 15) is 4.79 Å². The van der Waals surface area contributed by atoms with Crippen LogP contribution in [0.15, 0.2) is 0 Å². The van der Waals surface area contributed by atoms with E-state index in [-0.39, 0.29) is 30.9 Å². The Balaban J connectivity index is 0.00000200. The van der Waals surface area contributed by atoms with Crippen LogP contribution >= 0.6 is 24.8 Å². The lowest BCUT2D eigenvalue weighted by Gasteiger charge is -2.34. The summed E-state index contributed by atoms with van der Waals surface area (Å²) in [5.74, 6) is 1.10. The average molecular weight is 340 g/mol. The van der Waals surface area contributed by atoms with Gasteiger partial charge < -0.3 is 15.5 Å². The molecule has 0 aliphatic carbocycles. The molecule has 1 unspecified atom stereocenters. The molecule has 1 atom stereocenters. The molecule has 0 aromatic heterocycles. The molecule has 2 heterocycles. The van der Waals surface area contributed by atoms with Gasteiger partial charge in [0.15, 0.2) is 0 Å². The first kappa shape index (κ1) is 21.0. The van der Waals surface area contributed by atoms with Gasteiger partial charge in [-0.3, -0.25) is 4.79 Å². The second kappa shape index (κ2) is 10.7. The molecule has 2 aliphatic heterocycles. The summed E-state index contributed by atoms with van der Waals surface area (Å²) in [6, 6.07) is 0.136. The molecule has 2 saturated heterocycles. The molecule has 0 bridgehead atoms. The van der Waals surface area contributed by atoms with Crippen molar-refractivity contribution in [2.75, 3.05) is 32.7 Å². The third-order valence-electron chi connectivity index (χ3n) is 4.50. The van der Waals surface area contributed by atoms with Crippen LogP contribution in [-0.4, -0.2) is 54.5 Å². The Bertz CT molecular complexity index is 289. The Hall–Kier alpha value is -0.0300. The molecular weight excluding hydrogens is 309 g/mol. The first-order valence-electron chi connectivity index (χ1n) is 7.91. The lowest BCUT2D eigenvalue weighted by molar-refractivity contribution is -0.132. The van der Waals surface area contributed by atoms with Gasteiger partial charge in [-0.25, -0.2) is 0 Å². The van der Waals surface area contributed by atoms with Crippen molar-refractivity contribution in [3.63, 3.8) is 0 Å². The maximum atomic E-state index is 12.0. The van der Waals surface area contributed by atoms with Crippen molar-refractivity contribution in [1.82, 2.24) is 9.80 Å². The summed E-state index contributed by atoms with van der Waals surface area (Å²) in [5, 5.41) is 0. The van der Waals surface area contributed by atoms with Gasteiger partial charge in [0.1, 0.15) is 0 Å². The maximum absolute atomic E-state index is 12.0. The normalized spacial score (nSPS) is 21.5. The number of likely N-dealkylation sites (tertiary alicyclic amines) is 2. The van der Waals surface area contributed by atoms with Crippen molar-refractivity contribution in [1.29, 1.82) is 0 Å². The molecule has 2 aliphatic rings. The summed E-state index contributed by atoms with van der Waals surface area (Å²) in [5.41, 5.74) is 5.71. The fourth-order valence-corrected chi connectivity index (χ4v) is 3.20. The zero-order valence-corrected chi connectivity index (χ0v) is 14.8. The van der Waals surface area contributed by atoms with Crippen molar-refractivity contribution < 1.29 is 4.79 Å². The summed E-state index contributed by atoms with van der Waals surface area (Å²) in [7, 11) is 0. The van der Waals surface area contributed by atoms with Crippen molar-refractivity contribution in [2.45, 2.75) is 51.5 Å². The molecule has 2 fully saturated rings. The van der Waals surface area contributed by atoms with Crippen molar-refractivity contribution in [3.05, 3.63) is 0 Å². The number of amides is 1. The van der Waals surface area contributed by atoms with E-state index in [0.717, 1.165) is 25.4 Å². The number of hydrogen-bond acceptors (Lipinski definition) is 3. The predicted octanol–water partition coefficient (Wildman–Crippen LogP) is 2.29. The minimum atomic E-state index is 0. The van der Waals surface area contributed by atoms with E-state index in [2.05, 4.69) is 4.90 Å². The molecule has 1 amide bonds. The minimum absolute atomic E-state index is 0. The molecular formula is C15H31Cl2N3O. The SMILES string of the molecule is CC(N)CCC(=O)N1CCC(CN2CCCC2)CC1.Cl.Cl. The largest absolute Gasteiger partial charge is 0.343 e. The summed E-state index contributed by atoms with van der Waals surface area (Å²) >= 11 is 0. The number of nitrogens with zero attached hydrogens (tertiary/aromatic N) is 2. The fourth-order valence-electron chi connectivity index (χ4n) is 3.20. The summed E-state index contributed by atoms with van der Waals surface area (Å²) in [4.78, 5) is 16.7. The van der Waals surface area contributed by atoms with E-state index in [1.807, 2.05) is 11.8 Å². The first-order valence-corrected chi connectivity index (χ1v) is 7.91. The van der Waals surface area contributed by atoms with E-state index >= 15 is 0 Å². The topological polar surface area (TPSA) is 49.6 Å². The molecule has 0 aromatic carbocycles. The maximum Gasteiger partial charge on any atom is 0.222 e. The van der Waals surface area contributed by atoms with Gasteiger partial charge in [-0.15, -0.1) is 24.8 Å². The quantitative estimate of drug-likeness (QED) is 0.835. The molecule has 0 spiro atoms. The lowest BCUT2D eigenvalue weighted by Crippen LogP contribution is -2.41. The zero-order chi connectivity index (χ0) is 13.7.